The predicted molar refractivity (Wildman–Crippen MR) is 253 cm³/mol. The summed E-state index contributed by atoms with van der Waals surface area (Å²) in [6, 6.07) is 2.24. The van der Waals surface area contributed by atoms with E-state index in [1.807, 2.05) is 42.5 Å². The highest BCUT2D eigenvalue weighted by Crippen LogP contribution is 2.47. The van der Waals surface area contributed by atoms with Crippen LogP contribution in [-0.2, 0) is 0 Å². The maximum Gasteiger partial charge on any atom is 0.136 e. The Balaban J connectivity index is 1.19. The molecule has 11 aromatic carbocycles. The van der Waals surface area contributed by atoms with Crippen LogP contribution in [0.1, 0.15) is 31.5 Å². The number of benzene rings is 11. The van der Waals surface area contributed by atoms with E-state index < -0.39 is 205 Å². The van der Waals surface area contributed by atoms with Crippen LogP contribution in [0.5, 0.6) is 0 Å². The molecule has 278 valence electrons. The molecule has 0 aliphatic heterocycles. The second-order valence-corrected chi connectivity index (χ2v) is 14.1. The van der Waals surface area contributed by atoms with Crippen molar-refractivity contribution in [2.24, 2.45) is 0 Å². The van der Waals surface area contributed by atoms with Crippen LogP contribution in [0, 0.1) is 0 Å². The average Bonchev–Trinajstić information content (AvgIpc) is 1.84. The van der Waals surface area contributed by atoms with E-state index in [9.17, 15) is 15.1 Å². The molecule has 0 spiro atoms. The number of para-hydroxylation sites is 1. The highest BCUT2D eigenvalue weighted by molar-refractivity contribution is 6.27. The topological polar surface area (TPSA) is 26.3 Å². The zero-order chi connectivity index (χ0) is 59.3. The minimum atomic E-state index is -0.973. The Morgan fingerprint density at radius 3 is 1.55 bits per heavy atom. The lowest BCUT2D eigenvalue weighted by Gasteiger charge is -2.20. The summed E-state index contributed by atoms with van der Waals surface area (Å²) in [6.45, 7) is 0. The zero-order valence-corrected chi connectivity index (χ0v) is 30.7. The van der Waals surface area contributed by atoms with E-state index in [4.69, 9.17) is 25.3 Å². The van der Waals surface area contributed by atoms with Crippen LogP contribution in [0.4, 0.5) is 0 Å². The van der Waals surface area contributed by atoms with Crippen molar-refractivity contribution in [3.8, 4) is 44.5 Å². The van der Waals surface area contributed by atoms with Crippen LogP contribution in [0.25, 0.3) is 131 Å². The molecule has 13 aromatic rings. The minimum Gasteiger partial charge on any atom is -0.456 e. The molecule has 0 N–H and O–H groups in total. The first-order chi connectivity index (χ1) is 39.3. The molecule has 0 aliphatic carbocycles. The Hall–Kier alpha value is -7.94. The van der Waals surface area contributed by atoms with Crippen LogP contribution in [0.15, 0.2) is 215 Å². The molecule has 0 fully saturated rings. The molecule has 2 heterocycles. The number of hydrogen-bond donors (Lipinski definition) is 0. The van der Waals surface area contributed by atoms with Crippen molar-refractivity contribution in [2.75, 3.05) is 0 Å². The van der Waals surface area contributed by atoms with Gasteiger partial charge in [0.1, 0.15) is 22.3 Å². The van der Waals surface area contributed by atoms with E-state index in [2.05, 4.69) is 0 Å². The summed E-state index contributed by atoms with van der Waals surface area (Å²) in [6.07, 6.45) is 0. The lowest BCUT2D eigenvalue weighted by Crippen LogP contribution is -1.92. The molecule has 0 atom stereocenters. The van der Waals surface area contributed by atoms with Crippen molar-refractivity contribution in [1.82, 2.24) is 0 Å². The molecule has 0 amide bonds. The van der Waals surface area contributed by atoms with Crippen molar-refractivity contribution in [3.05, 3.63) is 206 Å². The molecular weight excluding hydrogens is 729 g/mol. The summed E-state index contributed by atoms with van der Waals surface area (Å²) >= 11 is 0. The van der Waals surface area contributed by atoms with Crippen molar-refractivity contribution >= 4 is 87.0 Å². The molecule has 2 nitrogen and oxygen atoms in total. The Morgan fingerprint density at radius 1 is 0.300 bits per heavy atom. The molecular formula is C58H34O2. The summed E-state index contributed by atoms with van der Waals surface area (Å²) < 4.78 is 225. The van der Waals surface area contributed by atoms with Gasteiger partial charge in [0.05, 0.1) is 31.5 Å². The number of rotatable bonds is 4. The van der Waals surface area contributed by atoms with E-state index in [-0.39, 0.29) is 43.4 Å². The van der Waals surface area contributed by atoms with Gasteiger partial charge >= 0.3 is 0 Å². The lowest BCUT2D eigenvalue weighted by molar-refractivity contribution is 0.663. The van der Waals surface area contributed by atoms with Gasteiger partial charge < -0.3 is 8.83 Å². The molecule has 60 heavy (non-hydrogen) atoms. The molecule has 13 rings (SSSR count). The van der Waals surface area contributed by atoms with Gasteiger partial charge in [0.2, 0.25) is 0 Å². The van der Waals surface area contributed by atoms with Gasteiger partial charge in [-0.2, -0.15) is 0 Å². The molecule has 0 saturated heterocycles. The van der Waals surface area contributed by atoms with E-state index in [1.165, 1.54) is 0 Å². The fourth-order valence-corrected chi connectivity index (χ4v) is 8.39. The van der Waals surface area contributed by atoms with Crippen molar-refractivity contribution < 1.29 is 40.4 Å². The van der Waals surface area contributed by atoms with Crippen molar-refractivity contribution in [2.45, 2.75) is 0 Å². The SMILES string of the molecule is [2H]c1c([2H])c([2H])c2c(oc3c([2H])c([2H])c4oc5c([2H])c(-c6c([2H])c([2H])c(-c7c8c([2H])c([2H])c([2H])c([2H])c8c(-c8ccc(-c9cccc%10ccccc9%10)cc8)c8c([2H])c([2H])c([2H])c([2H])c78)c7c([2H])c([2H])c([2H])c([2H])c67)c([2H])c([2H])c5c4c32)c1[2H]. The fraction of sp³-hybridized carbons (Fsp3) is 0. The first kappa shape index (κ1) is 17.9. The van der Waals surface area contributed by atoms with Crippen LogP contribution in [-0.4, -0.2) is 0 Å². The predicted octanol–water partition coefficient (Wildman–Crippen LogP) is 16.8. The summed E-state index contributed by atoms with van der Waals surface area (Å²) in [5, 5.41) is -1.94. The van der Waals surface area contributed by atoms with E-state index in [1.54, 1.807) is 24.3 Å². The first-order valence-corrected chi connectivity index (χ1v) is 18.7. The third kappa shape index (κ3) is 4.82. The van der Waals surface area contributed by atoms with Crippen LogP contribution < -0.4 is 0 Å². The van der Waals surface area contributed by atoms with Crippen LogP contribution in [0.2, 0.25) is 0 Å². The molecule has 0 radical (unpaired) electrons. The van der Waals surface area contributed by atoms with E-state index in [0.29, 0.717) is 0 Å². The van der Waals surface area contributed by atoms with Gasteiger partial charge in [0, 0.05) is 21.5 Å². The zero-order valence-electron chi connectivity index (χ0n) is 53.7. The number of hydrogen-bond acceptors (Lipinski definition) is 2. The normalized spacial score (nSPS) is 17.4. The third-order valence-electron chi connectivity index (χ3n) is 11.0. The number of furan rings is 2. The van der Waals surface area contributed by atoms with Crippen LogP contribution >= 0.6 is 0 Å². The molecule has 0 saturated carbocycles. The Bertz CT molecular complexity index is 5150. The van der Waals surface area contributed by atoms with Crippen molar-refractivity contribution in [1.29, 1.82) is 0 Å². The smallest absolute Gasteiger partial charge is 0.136 e. The Labute approximate surface area is 377 Å². The van der Waals surface area contributed by atoms with Gasteiger partial charge in [-0.05, 0) is 118 Å². The van der Waals surface area contributed by atoms with E-state index in [0.717, 1.165) is 21.9 Å². The van der Waals surface area contributed by atoms with Gasteiger partial charge in [-0.1, -0.05) is 175 Å². The molecule has 2 aromatic heterocycles. The average molecular weight is 786 g/mol. The van der Waals surface area contributed by atoms with Gasteiger partial charge in [-0.3, -0.25) is 0 Å². The van der Waals surface area contributed by atoms with E-state index >= 15 is 0 Å². The highest BCUT2D eigenvalue weighted by atomic mass is 16.3. The quantitative estimate of drug-likeness (QED) is 0.166. The van der Waals surface area contributed by atoms with Gasteiger partial charge in [0.15, 0.2) is 0 Å². The first-order valence-electron chi connectivity index (χ1n) is 30.2. The van der Waals surface area contributed by atoms with Gasteiger partial charge in [-0.25, -0.2) is 0 Å². The summed E-state index contributed by atoms with van der Waals surface area (Å²) in [5.74, 6) is 0. The van der Waals surface area contributed by atoms with Crippen molar-refractivity contribution in [3.63, 3.8) is 0 Å². The molecule has 0 unspecified atom stereocenters. The Morgan fingerprint density at radius 2 is 0.833 bits per heavy atom. The van der Waals surface area contributed by atoms with Crippen LogP contribution in [0.3, 0.4) is 0 Å². The van der Waals surface area contributed by atoms with Gasteiger partial charge in [0.25, 0.3) is 0 Å². The monoisotopic (exact) mass is 785 g/mol. The minimum absolute atomic E-state index is 0.0723. The summed E-state index contributed by atoms with van der Waals surface area (Å²) in [4.78, 5) is 0. The lowest BCUT2D eigenvalue weighted by atomic mass is 9.83. The Kier molecular flexibility index (Phi) is 3.81. The van der Waals surface area contributed by atoms with Gasteiger partial charge in [-0.15, -0.1) is 0 Å². The third-order valence-corrected chi connectivity index (χ3v) is 11.0. The number of fused-ring (bicyclic) bond motifs is 11. The second kappa shape index (κ2) is 12.8. The molecule has 0 bridgehead atoms. The summed E-state index contributed by atoms with van der Waals surface area (Å²) in [7, 11) is 0. The maximum absolute atomic E-state index is 10.0. The summed E-state index contributed by atoms with van der Waals surface area (Å²) in [5.41, 5.74) is -2.63. The largest absolute Gasteiger partial charge is 0.456 e. The fourth-order valence-electron chi connectivity index (χ4n) is 8.39. The standard InChI is InChI=1S/C58H34O2/c1-2-14-39-35(12-1)13-11-22-40(39)36-24-26-37(27-25-36)55-44-17-5-7-19-46(44)56(47-20-8-6-18-45(47)55)48-31-30-41(42-15-3-4-16-43(42)48)38-28-29-50-54(34-38)60-53-33-32-52-57(58(50)53)49-21-9-10-23-51(49)59-52/h1-34H/i3D,4D,5D,6D,7D,8D,9D,10D,15D,16D,17D,18D,19D,20D,21D,23D,28D,29D,30D,31D,32D,33D,34D. The molecule has 2 heteroatoms. The second-order valence-electron chi connectivity index (χ2n) is 14.1. The highest BCUT2D eigenvalue weighted by Gasteiger charge is 2.21. The molecule has 0 aliphatic rings. The maximum atomic E-state index is 10.0.